The van der Waals surface area contributed by atoms with E-state index in [9.17, 15) is 0 Å². The smallest absolute Gasteiger partial charge is 0.0234 e. The monoisotopic (exact) mass is 452 g/mol. The number of aryl methyl sites for hydroxylation is 1. The molecule has 3 aromatic carbocycles. The van der Waals surface area contributed by atoms with E-state index in [0.717, 1.165) is 18.4 Å². The van der Waals surface area contributed by atoms with Crippen molar-refractivity contribution in [3.8, 4) is 0 Å². The summed E-state index contributed by atoms with van der Waals surface area (Å²) in [6.07, 6.45) is 6.72. The Bertz CT molecular complexity index is 964. The molecule has 0 radical (unpaired) electrons. The van der Waals surface area contributed by atoms with Crippen LogP contribution in [0.1, 0.15) is 48.3 Å². The number of likely N-dealkylation sites (tertiary alicyclic amines) is 2. The predicted molar refractivity (Wildman–Crippen MR) is 143 cm³/mol. The van der Waals surface area contributed by atoms with E-state index in [1.807, 2.05) is 0 Å². The van der Waals surface area contributed by atoms with Crippen LogP contribution >= 0.6 is 0 Å². The summed E-state index contributed by atoms with van der Waals surface area (Å²) in [5.41, 5.74) is 4.46. The van der Waals surface area contributed by atoms with Crippen molar-refractivity contribution in [2.24, 2.45) is 11.8 Å². The molecular formula is C32H40N2. The average molecular weight is 453 g/mol. The van der Waals surface area contributed by atoms with Crippen molar-refractivity contribution in [1.82, 2.24) is 9.80 Å². The Balaban J connectivity index is 1.13. The van der Waals surface area contributed by atoms with Crippen molar-refractivity contribution in [3.63, 3.8) is 0 Å². The van der Waals surface area contributed by atoms with Gasteiger partial charge in [0.05, 0.1) is 0 Å². The highest BCUT2D eigenvalue weighted by molar-refractivity contribution is 5.23. The second kappa shape index (κ2) is 11.8. The van der Waals surface area contributed by atoms with Crippen molar-refractivity contribution in [2.75, 3.05) is 32.7 Å². The Hall–Kier alpha value is -2.42. The molecule has 0 amide bonds. The molecule has 2 saturated heterocycles. The molecule has 0 bridgehead atoms. The molecule has 2 fully saturated rings. The average Bonchev–Trinajstić information content (AvgIpc) is 3.29. The largest absolute Gasteiger partial charge is 0.303 e. The Morgan fingerprint density at radius 1 is 0.647 bits per heavy atom. The summed E-state index contributed by atoms with van der Waals surface area (Å²) in [5.74, 6) is 2.29. The Kier molecular flexibility index (Phi) is 8.11. The minimum Gasteiger partial charge on any atom is -0.303 e. The fraction of sp³-hybridized carbons (Fsp3) is 0.438. The molecule has 2 heterocycles. The zero-order chi connectivity index (χ0) is 23.0. The predicted octanol–water partition coefficient (Wildman–Crippen LogP) is 6.64. The molecular weight excluding hydrogens is 412 g/mol. The molecule has 0 N–H and O–H groups in total. The lowest BCUT2D eigenvalue weighted by molar-refractivity contribution is 0.151. The van der Waals surface area contributed by atoms with Crippen LogP contribution in [-0.4, -0.2) is 42.5 Å². The lowest BCUT2D eigenvalue weighted by atomic mass is 9.87. The first-order valence-corrected chi connectivity index (χ1v) is 13.4. The third kappa shape index (κ3) is 6.37. The van der Waals surface area contributed by atoms with Crippen LogP contribution in [0.2, 0.25) is 0 Å². The van der Waals surface area contributed by atoms with E-state index in [0.29, 0.717) is 5.92 Å². The summed E-state index contributed by atoms with van der Waals surface area (Å²) < 4.78 is 0. The van der Waals surface area contributed by atoms with E-state index in [-0.39, 0.29) is 0 Å². The number of hydrogen-bond donors (Lipinski definition) is 0. The Morgan fingerprint density at radius 3 is 1.94 bits per heavy atom. The van der Waals surface area contributed by atoms with Crippen molar-refractivity contribution < 1.29 is 0 Å². The SMILES string of the molecule is c1ccc(CCCC2CCN(C[C@H]3CN(Cc4ccccc4)CC3c3ccccc3)CC2)cc1. The van der Waals surface area contributed by atoms with Gasteiger partial charge in [0.1, 0.15) is 0 Å². The molecule has 34 heavy (non-hydrogen) atoms. The number of hydrogen-bond acceptors (Lipinski definition) is 2. The van der Waals surface area contributed by atoms with Crippen LogP contribution in [0.5, 0.6) is 0 Å². The zero-order valence-corrected chi connectivity index (χ0v) is 20.6. The summed E-state index contributed by atoms with van der Waals surface area (Å²) in [6, 6.07) is 33.3. The first-order chi connectivity index (χ1) is 16.8. The number of benzene rings is 3. The first-order valence-electron chi connectivity index (χ1n) is 13.4. The highest BCUT2D eigenvalue weighted by Crippen LogP contribution is 2.35. The van der Waals surface area contributed by atoms with Crippen LogP contribution in [0.15, 0.2) is 91.0 Å². The fourth-order valence-corrected chi connectivity index (χ4v) is 6.22. The van der Waals surface area contributed by atoms with Crippen molar-refractivity contribution in [3.05, 3.63) is 108 Å². The van der Waals surface area contributed by atoms with E-state index < -0.39 is 0 Å². The molecule has 5 rings (SSSR count). The zero-order valence-electron chi connectivity index (χ0n) is 20.6. The third-order valence-corrected chi connectivity index (χ3v) is 8.11. The summed E-state index contributed by atoms with van der Waals surface area (Å²) in [5, 5.41) is 0. The minimum absolute atomic E-state index is 0.647. The van der Waals surface area contributed by atoms with Gasteiger partial charge < -0.3 is 4.90 Å². The molecule has 2 aliphatic heterocycles. The van der Waals surface area contributed by atoms with Gasteiger partial charge in [-0.2, -0.15) is 0 Å². The molecule has 3 aromatic rings. The summed E-state index contributed by atoms with van der Waals surface area (Å²) >= 11 is 0. The molecule has 0 saturated carbocycles. The van der Waals surface area contributed by atoms with Crippen LogP contribution in [0.4, 0.5) is 0 Å². The van der Waals surface area contributed by atoms with Gasteiger partial charge in [-0.25, -0.2) is 0 Å². The molecule has 1 unspecified atom stereocenters. The number of piperidine rings is 1. The second-order valence-corrected chi connectivity index (χ2v) is 10.6. The van der Waals surface area contributed by atoms with Gasteiger partial charge in [0.25, 0.3) is 0 Å². The number of rotatable bonds is 9. The number of nitrogens with zero attached hydrogens (tertiary/aromatic N) is 2. The molecule has 2 aliphatic rings. The van der Waals surface area contributed by atoms with Gasteiger partial charge in [-0.3, -0.25) is 4.90 Å². The maximum absolute atomic E-state index is 2.78. The lowest BCUT2D eigenvalue weighted by Gasteiger charge is -2.34. The van der Waals surface area contributed by atoms with Crippen LogP contribution in [0.3, 0.4) is 0 Å². The van der Waals surface area contributed by atoms with E-state index in [4.69, 9.17) is 0 Å². The van der Waals surface area contributed by atoms with Crippen molar-refractivity contribution in [1.29, 1.82) is 0 Å². The van der Waals surface area contributed by atoms with Gasteiger partial charge in [-0.15, -0.1) is 0 Å². The Labute approximate surface area is 206 Å². The van der Waals surface area contributed by atoms with E-state index in [1.165, 1.54) is 81.5 Å². The summed E-state index contributed by atoms with van der Waals surface area (Å²) in [4.78, 5) is 5.47. The van der Waals surface area contributed by atoms with Gasteiger partial charge in [-0.05, 0) is 67.3 Å². The molecule has 0 spiro atoms. The van der Waals surface area contributed by atoms with Gasteiger partial charge in [0, 0.05) is 32.1 Å². The first kappa shape index (κ1) is 23.3. The van der Waals surface area contributed by atoms with Crippen LogP contribution in [0, 0.1) is 11.8 Å². The van der Waals surface area contributed by atoms with Crippen molar-refractivity contribution in [2.45, 2.75) is 44.6 Å². The van der Waals surface area contributed by atoms with E-state index in [1.54, 1.807) is 0 Å². The third-order valence-electron chi connectivity index (χ3n) is 8.11. The van der Waals surface area contributed by atoms with E-state index >= 15 is 0 Å². The van der Waals surface area contributed by atoms with Crippen LogP contribution < -0.4 is 0 Å². The van der Waals surface area contributed by atoms with Crippen LogP contribution in [-0.2, 0) is 13.0 Å². The quantitative estimate of drug-likeness (QED) is 0.359. The molecule has 2 nitrogen and oxygen atoms in total. The molecule has 178 valence electrons. The normalized spacial score (nSPS) is 22.2. The fourth-order valence-electron chi connectivity index (χ4n) is 6.22. The molecule has 0 aromatic heterocycles. The van der Waals surface area contributed by atoms with Crippen LogP contribution in [0.25, 0.3) is 0 Å². The standard InChI is InChI=1S/C32H40N2/c1-4-11-27(12-5-1)15-10-16-28-19-21-33(22-20-28)24-31-25-34(23-29-13-6-2-7-14-29)26-32(31)30-17-8-3-9-18-30/h1-9,11-14,17-18,28,31-32H,10,15-16,19-26H2/t31-,32?/m0/s1. The summed E-state index contributed by atoms with van der Waals surface area (Å²) in [6.45, 7) is 7.29. The minimum atomic E-state index is 0.647. The maximum atomic E-state index is 2.78. The molecule has 2 atom stereocenters. The Morgan fingerprint density at radius 2 is 1.26 bits per heavy atom. The van der Waals surface area contributed by atoms with Gasteiger partial charge in [0.2, 0.25) is 0 Å². The second-order valence-electron chi connectivity index (χ2n) is 10.6. The molecule has 0 aliphatic carbocycles. The van der Waals surface area contributed by atoms with Crippen molar-refractivity contribution >= 4 is 0 Å². The highest BCUT2D eigenvalue weighted by Gasteiger charge is 2.35. The van der Waals surface area contributed by atoms with E-state index in [2.05, 4.69) is 101 Å². The maximum Gasteiger partial charge on any atom is 0.0234 e. The highest BCUT2D eigenvalue weighted by atomic mass is 15.2. The topological polar surface area (TPSA) is 6.48 Å². The molecule has 2 heteroatoms. The van der Waals surface area contributed by atoms with Gasteiger partial charge in [-0.1, -0.05) is 97.4 Å². The summed E-state index contributed by atoms with van der Waals surface area (Å²) in [7, 11) is 0. The van der Waals surface area contributed by atoms with Gasteiger partial charge in [0.15, 0.2) is 0 Å². The van der Waals surface area contributed by atoms with Gasteiger partial charge >= 0.3 is 0 Å². The lowest BCUT2D eigenvalue weighted by Crippen LogP contribution is -2.38.